The second-order valence-electron chi connectivity index (χ2n) is 7.45. The summed E-state index contributed by atoms with van der Waals surface area (Å²) in [5, 5.41) is 21.1. The van der Waals surface area contributed by atoms with Crippen molar-refractivity contribution < 1.29 is 43.7 Å². The minimum atomic E-state index is -1.67. The fraction of sp³-hybridized carbons (Fsp3) is 0.182. The standard InChI is InChI=1S/C22H17N3O11S3/c1-12(26)23-14-4-7-17(18(8-14)35-20(27)9-16(36-25(31)32)11-33-24(29)30)22(28)34-15-5-2-13(3-6-15)19-10-21(37)39-38-19/h2-8,10,16H,9,11H2,1H3,(H,23,26). The monoisotopic (exact) mass is 595 g/mol. The molecule has 0 bridgehead atoms. The summed E-state index contributed by atoms with van der Waals surface area (Å²) >= 11 is 5.14. The first-order valence-electron chi connectivity index (χ1n) is 10.6. The van der Waals surface area contributed by atoms with Gasteiger partial charge >= 0.3 is 11.9 Å². The quantitative estimate of drug-likeness (QED) is 0.0774. The van der Waals surface area contributed by atoms with E-state index in [2.05, 4.69) is 15.0 Å². The van der Waals surface area contributed by atoms with Crippen molar-refractivity contribution in [2.24, 2.45) is 0 Å². The normalized spacial score (nSPS) is 11.1. The first-order valence-corrected chi connectivity index (χ1v) is 13.2. The highest BCUT2D eigenvalue weighted by molar-refractivity contribution is 7.80. The molecule has 1 amide bonds. The van der Waals surface area contributed by atoms with Gasteiger partial charge in [-0.05, 0) is 48.0 Å². The molecular formula is C22H17N3O11S3. The van der Waals surface area contributed by atoms with Crippen LogP contribution in [0.25, 0.3) is 10.4 Å². The lowest BCUT2D eigenvalue weighted by molar-refractivity contribution is -0.789. The Kier molecular flexibility index (Phi) is 9.96. The first kappa shape index (κ1) is 29.1. The Labute approximate surface area is 231 Å². The van der Waals surface area contributed by atoms with Crippen molar-refractivity contribution in [2.75, 3.05) is 11.9 Å². The molecule has 39 heavy (non-hydrogen) atoms. The molecule has 17 heteroatoms. The zero-order valence-corrected chi connectivity index (χ0v) is 22.2. The number of carbonyl (C=O) groups is 3. The highest BCUT2D eigenvalue weighted by Gasteiger charge is 2.24. The fourth-order valence-electron chi connectivity index (χ4n) is 3.02. The highest BCUT2D eigenvalue weighted by atomic mass is 32.9. The number of carbonyl (C=O) groups excluding carboxylic acids is 3. The third-order valence-corrected chi connectivity index (χ3v) is 7.46. The molecule has 1 unspecified atom stereocenters. The molecule has 14 nitrogen and oxygen atoms in total. The molecule has 1 heterocycles. The van der Waals surface area contributed by atoms with Crippen LogP contribution in [0.1, 0.15) is 23.7 Å². The second-order valence-corrected chi connectivity index (χ2v) is 10.4. The minimum Gasteiger partial charge on any atom is -0.425 e. The lowest BCUT2D eigenvalue weighted by atomic mass is 10.1. The number of nitrogens with one attached hydrogen (secondary N) is 1. The number of hydrogen-bond acceptors (Lipinski definition) is 14. The van der Waals surface area contributed by atoms with Crippen LogP contribution in [-0.4, -0.2) is 40.7 Å². The summed E-state index contributed by atoms with van der Waals surface area (Å²) in [6, 6.07) is 12.2. The highest BCUT2D eigenvalue weighted by Crippen LogP contribution is 2.31. The van der Waals surface area contributed by atoms with Gasteiger partial charge in [0.05, 0.1) is 6.42 Å². The van der Waals surface area contributed by atoms with Crippen LogP contribution < -0.4 is 14.8 Å². The Morgan fingerprint density at radius 3 is 2.31 bits per heavy atom. The molecular weight excluding hydrogens is 578 g/mol. The number of benzene rings is 2. The van der Waals surface area contributed by atoms with Gasteiger partial charge in [0.25, 0.3) is 10.2 Å². The summed E-state index contributed by atoms with van der Waals surface area (Å²) in [6.45, 7) is 0.304. The van der Waals surface area contributed by atoms with Crippen LogP contribution in [-0.2, 0) is 19.3 Å². The number of hydrogen-bond donors (Lipinski definition) is 1. The average molecular weight is 596 g/mol. The van der Waals surface area contributed by atoms with Crippen LogP contribution in [0, 0.1) is 24.1 Å². The number of rotatable bonds is 12. The van der Waals surface area contributed by atoms with Crippen LogP contribution in [0.15, 0.2) is 48.5 Å². The van der Waals surface area contributed by atoms with E-state index in [9.17, 15) is 34.6 Å². The predicted octanol–water partition coefficient (Wildman–Crippen LogP) is 4.46. The molecule has 1 atom stereocenters. The molecule has 1 aromatic heterocycles. The van der Waals surface area contributed by atoms with Gasteiger partial charge < -0.3 is 24.5 Å². The van der Waals surface area contributed by atoms with E-state index in [0.717, 1.165) is 14.3 Å². The molecule has 2 aromatic carbocycles. The van der Waals surface area contributed by atoms with Gasteiger partial charge in [-0.3, -0.25) is 9.59 Å². The predicted molar refractivity (Wildman–Crippen MR) is 139 cm³/mol. The van der Waals surface area contributed by atoms with Gasteiger partial charge in [0.2, 0.25) is 5.91 Å². The molecule has 204 valence electrons. The largest absolute Gasteiger partial charge is 0.425 e. The third-order valence-electron chi connectivity index (χ3n) is 4.55. The zero-order valence-electron chi connectivity index (χ0n) is 19.7. The van der Waals surface area contributed by atoms with Crippen molar-refractivity contribution in [3.8, 4) is 21.9 Å². The average Bonchev–Trinajstić information content (AvgIpc) is 3.28. The molecule has 0 fully saturated rings. The molecule has 0 saturated heterocycles. The van der Waals surface area contributed by atoms with Crippen molar-refractivity contribution in [1.29, 1.82) is 0 Å². The Hall–Kier alpha value is -4.48. The van der Waals surface area contributed by atoms with Crippen LogP contribution in [0.3, 0.4) is 0 Å². The Bertz CT molecular complexity index is 1450. The Balaban J connectivity index is 1.79. The van der Waals surface area contributed by atoms with E-state index >= 15 is 0 Å². The number of esters is 2. The van der Waals surface area contributed by atoms with Gasteiger partial charge in [0.15, 0.2) is 0 Å². The van der Waals surface area contributed by atoms with E-state index in [1.165, 1.54) is 45.8 Å². The number of anilines is 1. The number of amides is 1. The minimum absolute atomic E-state index is 0.166. The maximum absolute atomic E-state index is 12.9. The van der Waals surface area contributed by atoms with Crippen LogP contribution in [0.2, 0.25) is 0 Å². The van der Waals surface area contributed by atoms with Crippen molar-refractivity contribution in [3.63, 3.8) is 0 Å². The molecule has 0 aliphatic heterocycles. The summed E-state index contributed by atoms with van der Waals surface area (Å²) < 4.78 is 11.3. The zero-order chi connectivity index (χ0) is 28.5. The summed E-state index contributed by atoms with van der Waals surface area (Å²) in [6.07, 6.45) is -2.52. The van der Waals surface area contributed by atoms with E-state index in [1.54, 1.807) is 24.3 Å². The van der Waals surface area contributed by atoms with Gasteiger partial charge in [0.1, 0.15) is 33.6 Å². The summed E-state index contributed by atoms with van der Waals surface area (Å²) in [5.74, 6) is -2.68. The molecule has 0 spiro atoms. The Morgan fingerprint density at radius 2 is 1.72 bits per heavy atom. The number of nitrogens with zero attached hydrogens (tertiary/aromatic N) is 2. The van der Waals surface area contributed by atoms with Crippen molar-refractivity contribution in [1.82, 2.24) is 0 Å². The molecule has 3 rings (SSSR count). The topological polar surface area (TPSA) is 186 Å². The molecule has 0 saturated carbocycles. The van der Waals surface area contributed by atoms with Gasteiger partial charge in [-0.15, -0.1) is 20.2 Å². The lowest BCUT2D eigenvalue weighted by Gasteiger charge is -2.15. The molecule has 0 aliphatic carbocycles. The summed E-state index contributed by atoms with van der Waals surface area (Å²) in [4.78, 5) is 67.2. The maximum Gasteiger partial charge on any atom is 0.347 e. The van der Waals surface area contributed by atoms with E-state index < -0.39 is 47.2 Å². The first-order chi connectivity index (χ1) is 18.5. The van der Waals surface area contributed by atoms with Crippen molar-refractivity contribution in [2.45, 2.75) is 19.4 Å². The lowest BCUT2D eigenvalue weighted by Crippen LogP contribution is -2.29. The summed E-state index contributed by atoms with van der Waals surface area (Å²) in [7, 11) is 2.97. The van der Waals surface area contributed by atoms with Gasteiger partial charge in [-0.1, -0.05) is 32.9 Å². The smallest absolute Gasteiger partial charge is 0.347 e. The van der Waals surface area contributed by atoms with E-state index in [0.29, 0.717) is 0 Å². The molecule has 1 N–H and O–H groups in total. The van der Waals surface area contributed by atoms with E-state index in [-0.39, 0.29) is 22.7 Å². The van der Waals surface area contributed by atoms with Crippen LogP contribution in [0.4, 0.5) is 5.69 Å². The molecule has 0 aliphatic rings. The van der Waals surface area contributed by atoms with E-state index in [1.807, 2.05) is 6.07 Å². The van der Waals surface area contributed by atoms with Crippen molar-refractivity contribution in [3.05, 3.63) is 78.1 Å². The van der Waals surface area contributed by atoms with Gasteiger partial charge in [-0.2, -0.15) is 0 Å². The SMILES string of the molecule is CC(=O)Nc1ccc(C(=O)Oc2ccc(-c3cc(=S)ss3)cc2)c(OC(=O)CC(CO[N+](=O)[O-])O[N+](=O)[O-])c1. The number of ether oxygens (including phenoxy) is 2. The maximum atomic E-state index is 12.9. The van der Waals surface area contributed by atoms with Crippen molar-refractivity contribution >= 4 is 56.4 Å². The fourth-order valence-corrected chi connectivity index (χ4v) is 5.42. The molecule has 3 aromatic rings. The van der Waals surface area contributed by atoms with Crippen LogP contribution >= 0.6 is 32.9 Å². The second kappa shape index (κ2) is 13.4. The molecule has 0 radical (unpaired) electrons. The Morgan fingerprint density at radius 1 is 1.00 bits per heavy atom. The van der Waals surface area contributed by atoms with E-state index in [4.69, 9.17) is 21.7 Å². The van der Waals surface area contributed by atoms with Gasteiger partial charge in [-0.25, -0.2) is 4.79 Å². The third kappa shape index (κ3) is 9.09. The van der Waals surface area contributed by atoms with Crippen LogP contribution in [0.5, 0.6) is 11.5 Å². The summed E-state index contributed by atoms with van der Waals surface area (Å²) in [5.41, 5.74) is 0.818. The van der Waals surface area contributed by atoms with Gasteiger partial charge in [0, 0.05) is 23.6 Å².